The first-order valence-corrected chi connectivity index (χ1v) is 15.9. The zero-order chi connectivity index (χ0) is 30.2. The van der Waals surface area contributed by atoms with E-state index < -0.39 is 12.2 Å². The highest BCUT2D eigenvalue weighted by Crippen LogP contribution is 2.11. The SMILES string of the molecule is CC/C=C\C(O)C/C=C/C=C\C/C=C\C/C=C\CCCC(=O)OC[C@H](O)COC(=O)CCCCCCCCCCC. The van der Waals surface area contributed by atoms with Crippen LogP contribution in [-0.2, 0) is 19.1 Å². The van der Waals surface area contributed by atoms with Crippen molar-refractivity contribution >= 4 is 11.9 Å². The molecule has 2 N–H and O–H groups in total. The summed E-state index contributed by atoms with van der Waals surface area (Å²) in [5, 5.41) is 19.6. The summed E-state index contributed by atoms with van der Waals surface area (Å²) in [6.45, 7) is 3.96. The molecule has 6 heteroatoms. The fourth-order valence-corrected chi connectivity index (χ4v) is 3.90. The van der Waals surface area contributed by atoms with Crippen molar-refractivity contribution in [1.82, 2.24) is 0 Å². The van der Waals surface area contributed by atoms with Gasteiger partial charge in [0.05, 0.1) is 6.10 Å². The smallest absolute Gasteiger partial charge is 0.305 e. The van der Waals surface area contributed by atoms with Gasteiger partial charge in [-0.05, 0) is 44.9 Å². The monoisotopic (exact) mass is 574 g/mol. The lowest BCUT2D eigenvalue weighted by Crippen LogP contribution is -2.25. The lowest BCUT2D eigenvalue weighted by atomic mass is 10.1. The lowest BCUT2D eigenvalue weighted by Gasteiger charge is -2.12. The summed E-state index contributed by atoms with van der Waals surface area (Å²) in [7, 11) is 0. The van der Waals surface area contributed by atoms with Crippen molar-refractivity contribution in [3.8, 4) is 0 Å². The van der Waals surface area contributed by atoms with E-state index in [2.05, 4.69) is 37.3 Å². The number of aliphatic hydroxyl groups excluding tert-OH is 2. The lowest BCUT2D eigenvalue weighted by molar-refractivity contribution is -0.152. The molecule has 41 heavy (non-hydrogen) atoms. The fraction of sp³-hybridized carbons (Fsp3) is 0.657. The Bertz CT molecular complexity index is 765. The molecular weight excluding hydrogens is 516 g/mol. The number of ether oxygens (including phenoxy) is 2. The maximum Gasteiger partial charge on any atom is 0.305 e. The predicted octanol–water partition coefficient (Wildman–Crippen LogP) is 8.25. The van der Waals surface area contributed by atoms with Crippen LogP contribution < -0.4 is 0 Å². The highest BCUT2D eigenvalue weighted by molar-refractivity contribution is 5.69. The number of hydrogen-bond acceptors (Lipinski definition) is 6. The number of aliphatic hydroxyl groups is 2. The van der Waals surface area contributed by atoms with E-state index in [1.165, 1.54) is 38.5 Å². The molecule has 0 radical (unpaired) electrons. The van der Waals surface area contributed by atoms with E-state index in [-0.39, 0.29) is 31.6 Å². The van der Waals surface area contributed by atoms with Crippen LogP contribution in [0.1, 0.15) is 123 Å². The first-order chi connectivity index (χ1) is 20.0. The second-order valence-corrected chi connectivity index (χ2v) is 10.4. The number of hydrogen-bond donors (Lipinski definition) is 2. The number of carbonyl (C=O) groups is 2. The zero-order valence-corrected chi connectivity index (χ0v) is 25.9. The maximum atomic E-state index is 11.9. The number of carbonyl (C=O) groups excluding carboxylic acids is 2. The normalized spacial score (nSPS) is 13.8. The van der Waals surface area contributed by atoms with Crippen LogP contribution in [0.2, 0.25) is 0 Å². The first-order valence-electron chi connectivity index (χ1n) is 15.9. The highest BCUT2D eigenvalue weighted by atomic mass is 16.6. The van der Waals surface area contributed by atoms with Crippen LogP contribution in [0.25, 0.3) is 0 Å². The Morgan fingerprint density at radius 1 is 0.634 bits per heavy atom. The van der Waals surface area contributed by atoms with Crippen LogP contribution in [0.4, 0.5) is 0 Å². The quantitative estimate of drug-likeness (QED) is 0.0444. The second-order valence-electron chi connectivity index (χ2n) is 10.4. The summed E-state index contributed by atoms with van der Waals surface area (Å²) in [4.78, 5) is 23.7. The molecule has 2 atom stereocenters. The van der Waals surface area contributed by atoms with Crippen LogP contribution >= 0.6 is 0 Å². The van der Waals surface area contributed by atoms with E-state index in [4.69, 9.17) is 9.47 Å². The number of unbranched alkanes of at least 4 members (excludes halogenated alkanes) is 9. The Morgan fingerprint density at radius 3 is 1.80 bits per heavy atom. The summed E-state index contributed by atoms with van der Waals surface area (Å²) < 4.78 is 10.2. The molecule has 0 saturated heterocycles. The molecule has 0 aliphatic heterocycles. The molecule has 0 aromatic rings. The molecule has 0 spiro atoms. The summed E-state index contributed by atoms with van der Waals surface area (Å²) >= 11 is 0. The van der Waals surface area contributed by atoms with Crippen LogP contribution in [0, 0.1) is 0 Å². The standard InChI is InChI=1S/C35H58O6/c1-3-5-7-8-9-14-18-21-24-28-34(38)40-30-33(37)31-41-35(39)29-25-22-19-16-13-11-10-12-15-17-20-23-27-32(36)26-6-4-2/h6,10-11,15-17,19-20,23,26,32-33,36-37H,3-5,7-9,12-14,18,21-22,24-25,27-31H2,1-2H3/b11-10-,17-15-,19-16-,23-20+,26-6-/t32?,33-/m1/s1. The van der Waals surface area contributed by atoms with Gasteiger partial charge in [-0.3, -0.25) is 9.59 Å². The average molecular weight is 575 g/mol. The molecule has 234 valence electrons. The van der Waals surface area contributed by atoms with Gasteiger partial charge in [0, 0.05) is 12.8 Å². The molecule has 0 aliphatic carbocycles. The minimum absolute atomic E-state index is 0.145. The van der Waals surface area contributed by atoms with Crippen molar-refractivity contribution in [3.63, 3.8) is 0 Å². The molecule has 0 heterocycles. The third-order valence-corrected chi connectivity index (χ3v) is 6.34. The Balaban J connectivity index is 3.66. The van der Waals surface area contributed by atoms with Crippen molar-refractivity contribution in [2.24, 2.45) is 0 Å². The fourth-order valence-electron chi connectivity index (χ4n) is 3.90. The Labute approximate surface area is 250 Å². The van der Waals surface area contributed by atoms with E-state index in [1.54, 1.807) is 0 Å². The molecule has 0 aromatic carbocycles. The minimum atomic E-state index is -0.996. The van der Waals surface area contributed by atoms with Gasteiger partial charge >= 0.3 is 11.9 Å². The molecule has 0 bridgehead atoms. The molecular formula is C35H58O6. The molecule has 0 aromatic heterocycles. The largest absolute Gasteiger partial charge is 0.463 e. The maximum absolute atomic E-state index is 11.9. The van der Waals surface area contributed by atoms with Gasteiger partial charge in [0.2, 0.25) is 0 Å². The zero-order valence-electron chi connectivity index (χ0n) is 25.9. The third-order valence-electron chi connectivity index (χ3n) is 6.34. The molecule has 0 fully saturated rings. The summed E-state index contributed by atoms with van der Waals surface area (Å²) in [5.74, 6) is -0.664. The van der Waals surface area contributed by atoms with Crippen molar-refractivity contribution in [2.45, 2.75) is 135 Å². The highest BCUT2D eigenvalue weighted by Gasteiger charge is 2.11. The Kier molecular flexibility index (Phi) is 28.7. The molecule has 0 saturated carbocycles. The van der Waals surface area contributed by atoms with Crippen molar-refractivity contribution in [1.29, 1.82) is 0 Å². The van der Waals surface area contributed by atoms with Crippen LogP contribution in [0.3, 0.4) is 0 Å². The Morgan fingerprint density at radius 2 is 1.17 bits per heavy atom. The first kappa shape index (κ1) is 38.6. The van der Waals surface area contributed by atoms with Gasteiger partial charge < -0.3 is 19.7 Å². The predicted molar refractivity (Wildman–Crippen MR) is 169 cm³/mol. The molecule has 6 nitrogen and oxygen atoms in total. The van der Waals surface area contributed by atoms with Gasteiger partial charge in [-0.2, -0.15) is 0 Å². The van der Waals surface area contributed by atoms with E-state index in [9.17, 15) is 19.8 Å². The van der Waals surface area contributed by atoms with Gasteiger partial charge in [-0.25, -0.2) is 0 Å². The minimum Gasteiger partial charge on any atom is -0.463 e. The Hall–Kier alpha value is -2.44. The topological polar surface area (TPSA) is 93.1 Å². The molecule has 0 rings (SSSR count). The van der Waals surface area contributed by atoms with Crippen LogP contribution in [0.5, 0.6) is 0 Å². The van der Waals surface area contributed by atoms with Gasteiger partial charge in [0.1, 0.15) is 19.3 Å². The molecule has 0 aliphatic rings. The molecule has 0 amide bonds. The van der Waals surface area contributed by atoms with E-state index in [1.807, 2.05) is 37.3 Å². The van der Waals surface area contributed by atoms with E-state index in [0.29, 0.717) is 19.3 Å². The van der Waals surface area contributed by atoms with Gasteiger partial charge in [0.25, 0.3) is 0 Å². The van der Waals surface area contributed by atoms with Gasteiger partial charge in [0.15, 0.2) is 0 Å². The number of rotatable bonds is 27. The van der Waals surface area contributed by atoms with Crippen LogP contribution in [-0.4, -0.2) is 47.6 Å². The van der Waals surface area contributed by atoms with Crippen molar-refractivity contribution in [2.75, 3.05) is 13.2 Å². The third kappa shape index (κ3) is 30.3. The number of esters is 2. The van der Waals surface area contributed by atoms with E-state index >= 15 is 0 Å². The van der Waals surface area contributed by atoms with Crippen LogP contribution in [0.15, 0.2) is 60.8 Å². The number of allylic oxidation sites excluding steroid dienone is 8. The summed E-state index contributed by atoms with van der Waals surface area (Å²) in [6, 6.07) is 0. The van der Waals surface area contributed by atoms with Gasteiger partial charge in [-0.15, -0.1) is 0 Å². The van der Waals surface area contributed by atoms with Gasteiger partial charge in [-0.1, -0.05) is 126 Å². The van der Waals surface area contributed by atoms with Crippen molar-refractivity contribution < 1.29 is 29.3 Å². The molecule has 1 unspecified atom stereocenters. The van der Waals surface area contributed by atoms with Crippen molar-refractivity contribution in [3.05, 3.63) is 60.8 Å². The second kappa shape index (κ2) is 30.5. The summed E-state index contributed by atoms with van der Waals surface area (Å²) in [5.41, 5.74) is 0. The average Bonchev–Trinajstić information content (AvgIpc) is 2.97. The summed E-state index contributed by atoms with van der Waals surface area (Å²) in [6.07, 6.45) is 34.7. The van der Waals surface area contributed by atoms with E-state index in [0.717, 1.165) is 44.9 Å².